The Labute approximate surface area is 159 Å². The molecule has 0 N–H and O–H groups in total. The summed E-state index contributed by atoms with van der Waals surface area (Å²) in [6.07, 6.45) is 1.60. The van der Waals surface area contributed by atoms with Crippen LogP contribution in [0.3, 0.4) is 0 Å². The van der Waals surface area contributed by atoms with Crippen molar-refractivity contribution >= 4 is 17.4 Å². The summed E-state index contributed by atoms with van der Waals surface area (Å²) in [5, 5.41) is 0.980. The highest BCUT2D eigenvalue weighted by atomic mass is 32.1. The van der Waals surface area contributed by atoms with Gasteiger partial charge in [0, 0.05) is 29.6 Å². The first-order valence-electron chi connectivity index (χ1n) is 9.12. The molecular formula is C20H27N3O2S. The number of thiazole rings is 1. The normalized spacial score (nSPS) is 16.0. The lowest BCUT2D eigenvalue weighted by atomic mass is 9.93. The maximum Gasteiger partial charge on any atom is 0.410 e. The first-order chi connectivity index (χ1) is 12.2. The van der Waals surface area contributed by atoms with Crippen LogP contribution in [0, 0.1) is 13.8 Å². The molecule has 3 heterocycles. The third-order valence-corrected chi connectivity index (χ3v) is 5.68. The summed E-state index contributed by atoms with van der Waals surface area (Å²) < 4.78 is 5.47. The zero-order chi connectivity index (χ0) is 18.9. The van der Waals surface area contributed by atoms with E-state index in [-0.39, 0.29) is 6.09 Å². The van der Waals surface area contributed by atoms with Gasteiger partial charge in [-0.25, -0.2) is 9.78 Å². The Kier molecular flexibility index (Phi) is 5.32. The van der Waals surface area contributed by atoms with E-state index in [1.165, 1.54) is 4.88 Å². The minimum absolute atomic E-state index is 0.216. The third kappa shape index (κ3) is 4.41. The number of carbonyl (C=O) groups is 1. The standard InChI is InChI=1S/C20H27N3O2S/c1-13-14(2)26-18(21-13)17-8-6-7-16(22-17)15-9-11-23(12-10-15)19(24)25-20(3,4)5/h6-8,15H,9-12H2,1-5H3. The number of carbonyl (C=O) groups excluding carboxylic acids is 1. The van der Waals surface area contributed by atoms with E-state index in [4.69, 9.17) is 9.72 Å². The number of amides is 1. The molecule has 6 heteroatoms. The van der Waals surface area contributed by atoms with Crippen molar-refractivity contribution in [3.63, 3.8) is 0 Å². The Bertz CT molecular complexity index is 767. The van der Waals surface area contributed by atoms with Crippen molar-refractivity contribution in [1.82, 2.24) is 14.9 Å². The van der Waals surface area contributed by atoms with E-state index >= 15 is 0 Å². The number of likely N-dealkylation sites (tertiary alicyclic amines) is 1. The van der Waals surface area contributed by atoms with Gasteiger partial charge in [-0.1, -0.05) is 6.07 Å². The first-order valence-corrected chi connectivity index (χ1v) is 9.94. The number of hydrogen-bond donors (Lipinski definition) is 0. The monoisotopic (exact) mass is 373 g/mol. The smallest absolute Gasteiger partial charge is 0.410 e. The molecule has 1 aliphatic heterocycles. The Morgan fingerprint density at radius 3 is 2.46 bits per heavy atom. The number of aryl methyl sites for hydroxylation is 2. The zero-order valence-corrected chi connectivity index (χ0v) is 17.0. The van der Waals surface area contributed by atoms with E-state index in [9.17, 15) is 4.79 Å². The SMILES string of the molecule is Cc1nc(-c2cccc(C3CCN(C(=O)OC(C)(C)C)CC3)n2)sc1C. The molecule has 0 aliphatic carbocycles. The van der Waals surface area contributed by atoms with Gasteiger partial charge in [0.25, 0.3) is 0 Å². The van der Waals surface area contributed by atoms with Crippen molar-refractivity contribution in [1.29, 1.82) is 0 Å². The zero-order valence-electron chi connectivity index (χ0n) is 16.2. The molecule has 2 aromatic rings. The molecule has 0 saturated carbocycles. The molecule has 26 heavy (non-hydrogen) atoms. The van der Waals surface area contributed by atoms with Gasteiger partial charge in [0.15, 0.2) is 0 Å². The molecule has 0 spiro atoms. The van der Waals surface area contributed by atoms with E-state index < -0.39 is 5.60 Å². The Morgan fingerprint density at radius 2 is 1.88 bits per heavy atom. The highest BCUT2D eigenvalue weighted by Crippen LogP contribution is 2.31. The minimum Gasteiger partial charge on any atom is -0.444 e. The van der Waals surface area contributed by atoms with Gasteiger partial charge in [-0.2, -0.15) is 0 Å². The molecular weight excluding hydrogens is 346 g/mol. The molecule has 0 atom stereocenters. The molecule has 0 bridgehead atoms. The largest absolute Gasteiger partial charge is 0.444 e. The van der Waals surface area contributed by atoms with Gasteiger partial charge < -0.3 is 9.64 Å². The van der Waals surface area contributed by atoms with Crippen LogP contribution in [0.5, 0.6) is 0 Å². The van der Waals surface area contributed by atoms with Crippen molar-refractivity contribution in [3.05, 3.63) is 34.5 Å². The third-order valence-electron chi connectivity index (χ3n) is 4.58. The first kappa shape index (κ1) is 18.8. The van der Waals surface area contributed by atoms with Gasteiger partial charge in [-0.3, -0.25) is 4.98 Å². The molecule has 2 aromatic heterocycles. The average molecular weight is 374 g/mol. The molecule has 0 radical (unpaired) electrons. The number of ether oxygens (including phenoxy) is 1. The molecule has 1 amide bonds. The lowest BCUT2D eigenvalue weighted by Gasteiger charge is -2.33. The van der Waals surface area contributed by atoms with Crippen LogP contribution in [0.25, 0.3) is 10.7 Å². The Balaban J connectivity index is 1.66. The Morgan fingerprint density at radius 1 is 1.19 bits per heavy atom. The quantitative estimate of drug-likeness (QED) is 0.748. The highest BCUT2D eigenvalue weighted by Gasteiger charge is 2.28. The lowest BCUT2D eigenvalue weighted by Crippen LogP contribution is -2.41. The fraction of sp³-hybridized carbons (Fsp3) is 0.550. The van der Waals surface area contributed by atoms with E-state index in [1.54, 1.807) is 16.2 Å². The summed E-state index contributed by atoms with van der Waals surface area (Å²) in [5.41, 5.74) is 2.66. The summed E-state index contributed by atoms with van der Waals surface area (Å²) in [6.45, 7) is 11.2. The van der Waals surface area contributed by atoms with Crippen LogP contribution in [0.4, 0.5) is 4.79 Å². The molecule has 1 fully saturated rings. The molecule has 0 unspecified atom stereocenters. The molecule has 3 rings (SSSR count). The van der Waals surface area contributed by atoms with Crippen LogP contribution in [-0.2, 0) is 4.74 Å². The van der Waals surface area contributed by atoms with Crippen LogP contribution >= 0.6 is 11.3 Å². The predicted octanol–water partition coefficient (Wildman–Crippen LogP) is 4.94. The van der Waals surface area contributed by atoms with Crippen molar-refractivity contribution < 1.29 is 9.53 Å². The van der Waals surface area contributed by atoms with Gasteiger partial charge in [-0.05, 0) is 59.6 Å². The van der Waals surface area contributed by atoms with Crippen LogP contribution < -0.4 is 0 Å². The highest BCUT2D eigenvalue weighted by molar-refractivity contribution is 7.15. The van der Waals surface area contributed by atoms with Crippen molar-refractivity contribution in [2.75, 3.05) is 13.1 Å². The average Bonchev–Trinajstić information content (AvgIpc) is 2.93. The second-order valence-electron chi connectivity index (χ2n) is 7.85. The number of pyridine rings is 1. The van der Waals surface area contributed by atoms with Gasteiger partial charge in [-0.15, -0.1) is 11.3 Å². The maximum absolute atomic E-state index is 12.2. The second kappa shape index (κ2) is 7.35. The van der Waals surface area contributed by atoms with Gasteiger partial charge in [0.1, 0.15) is 10.6 Å². The van der Waals surface area contributed by atoms with E-state index in [0.29, 0.717) is 19.0 Å². The molecule has 5 nitrogen and oxygen atoms in total. The van der Waals surface area contributed by atoms with Crippen LogP contribution in [0.2, 0.25) is 0 Å². The number of hydrogen-bond acceptors (Lipinski definition) is 5. The van der Waals surface area contributed by atoms with Crippen LogP contribution in [-0.4, -0.2) is 39.7 Å². The van der Waals surface area contributed by atoms with Crippen LogP contribution in [0.1, 0.15) is 55.8 Å². The number of nitrogens with zero attached hydrogens (tertiary/aromatic N) is 3. The van der Waals surface area contributed by atoms with Crippen molar-refractivity contribution in [2.45, 2.75) is 59.0 Å². The van der Waals surface area contributed by atoms with Gasteiger partial charge in [0.2, 0.25) is 0 Å². The number of aromatic nitrogens is 2. The van der Waals surface area contributed by atoms with Crippen molar-refractivity contribution in [3.8, 4) is 10.7 Å². The maximum atomic E-state index is 12.2. The molecule has 1 saturated heterocycles. The number of piperidine rings is 1. The molecule has 1 aliphatic rings. The predicted molar refractivity (Wildman–Crippen MR) is 105 cm³/mol. The summed E-state index contributed by atoms with van der Waals surface area (Å²) in [6, 6.07) is 6.17. The van der Waals surface area contributed by atoms with E-state index in [0.717, 1.165) is 34.9 Å². The van der Waals surface area contributed by atoms with Crippen molar-refractivity contribution in [2.24, 2.45) is 0 Å². The van der Waals surface area contributed by atoms with E-state index in [2.05, 4.69) is 24.0 Å². The summed E-state index contributed by atoms with van der Waals surface area (Å²) >= 11 is 1.69. The Hall–Kier alpha value is -1.95. The summed E-state index contributed by atoms with van der Waals surface area (Å²) in [5.74, 6) is 0.371. The van der Waals surface area contributed by atoms with Gasteiger partial charge >= 0.3 is 6.09 Å². The molecule has 0 aromatic carbocycles. The van der Waals surface area contributed by atoms with Gasteiger partial charge in [0.05, 0.1) is 11.4 Å². The molecule has 140 valence electrons. The topological polar surface area (TPSA) is 55.3 Å². The fourth-order valence-corrected chi connectivity index (χ4v) is 3.95. The summed E-state index contributed by atoms with van der Waals surface area (Å²) in [4.78, 5) is 24.7. The fourth-order valence-electron chi connectivity index (χ4n) is 3.06. The van der Waals surface area contributed by atoms with E-state index in [1.807, 2.05) is 33.8 Å². The minimum atomic E-state index is -0.451. The van der Waals surface area contributed by atoms with Crippen LogP contribution in [0.15, 0.2) is 18.2 Å². The lowest BCUT2D eigenvalue weighted by molar-refractivity contribution is 0.0204. The second-order valence-corrected chi connectivity index (χ2v) is 9.05. The number of rotatable bonds is 2. The summed E-state index contributed by atoms with van der Waals surface area (Å²) in [7, 11) is 0.